The maximum absolute atomic E-state index is 13.5. The van der Waals surface area contributed by atoms with Gasteiger partial charge in [0, 0.05) is 12.0 Å². The van der Waals surface area contributed by atoms with E-state index in [1.807, 2.05) is 6.07 Å². The Morgan fingerprint density at radius 1 is 0.964 bits per heavy atom. The van der Waals surface area contributed by atoms with Gasteiger partial charge in [0.05, 0.1) is 12.1 Å². The van der Waals surface area contributed by atoms with Crippen LogP contribution in [0.25, 0.3) is 0 Å². The lowest BCUT2D eigenvalue weighted by atomic mass is 9.72. The highest BCUT2D eigenvalue weighted by Gasteiger charge is 2.54. The van der Waals surface area contributed by atoms with Gasteiger partial charge in [-0.25, -0.2) is 4.39 Å². The van der Waals surface area contributed by atoms with Crippen molar-refractivity contribution >= 4 is 0 Å². The first kappa shape index (κ1) is 18.3. The molecule has 4 heteroatoms. The van der Waals surface area contributed by atoms with Gasteiger partial charge in [0.2, 0.25) is 0 Å². The lowest BCUT2D eigenvalue weighted by Crippen LogP contribution is -2.49. The summed E-state index contributed by atoms with van der Waals surface area (Å²) < 4.78 is 13.5. The molecule has 148 valence electrons. The van der Waals surface area contributed by atoms with Crippen LogP contribution in [-0.4, -0.2) is 47.2 Å². The van der Waals surface area contributed by atoms with Crippen molar-refractivity contribution in [1.29, 1.82) is 0 Å². The average Bonchev–Trinajstić information content (AvgIpc) is 3.30. The topological polar surface area (TPSA) is 26.7 Å². The first-order valence-corrected chi connectivity index (χ1v) is 10.7. The van der Waals surface area contributed by atoms with Gasteiger partial charge in [-0.3, -0.25) is 9.80 Å². The van der Waals surface area contributed by atoms with E-state index in [1.54, 1.807) is 12.1 Å². The maximum atomic E-state index is 13.5. The van der Waals surface area contributed by atoms with Gasteiger partial charge < -0.3 is 5.11 Å². The van der Waals surface area contributed by atoms with E-state index < -0.39 is 0 Å². The second kappa shape index (κ2) is 7.25. The van der Waals surface area contributed by atoms with Crippen LogP contribution in [0, 0.1) is 5.82 Å². The molecule has 1 N–H and O–H groups in total. The lowest BCUT2D eigenvalue weighted by molar-refractivity contribution is -0.0104. The third-order valence-electron chi connectivity index (χ3n) is 7.26. The molecule has 5 rings (SSSR count). The van der Waals surface area contributed by atoms with E-state index in [0.717, 1.165) is 51.1 Å². The van der Waals surface area contributed by atoms with Crippen molar-refractivity contribution in [3.63, 3.8) is 0 Å². The van der Waals surface area contributed by atoms with Crippen LogP contribution in [0.4, 0.5) is 4.39 Å². The normalized spacial score (nSPS) is 27.4. The van der Waals surface area contributed by atoms with Gasteiger partial charge in [-0.1, -0.05) is 36.4 Å². The van der Waals surface area contributed by atoms with Crippen molar-refractivity contribution in [2.24, 2.45) is 0 Å². The molecule has 2 saturated heterocycles. The zero-order chi connectivity index (χ0) is 19.1. The molecule has 3 nitrogen and oxygen atoms in total. The third kappa shape index (κ3) is 2.99. The predicted octanol–water partition coefficient (Wildman–Crippen LogP) is 3.87. The van der Waals surface area contributed by atoms with E-state index in [1.165, 1.54) is 30.0 Å². The fourth-order valence-corrected chi connectivity index (χ4v) is 5.82. The van der Waals surface area contributed by atoms with Crippen LogP contribution in [0.2, 0.25) is 0 Å². The van der Waals surface area contributed by atoms with Crippen LogP contribution in [0.1, 0.15) is 48.4 Å². The van der Waals surface area contributed by atoms with E-state index >= 15 is 0 Å². The summed E-state index contributed by atoms with van der Waals surface area (Å²) in [6, 6.07) is 15.8. The summed E-state index contributed by atoms with van der Waals surface area (Å²) in [5, 5.41) is 11.5. The maximum Gasteiger partial charge on any atom is 0.123 e. The molecule has 0 saturated carbocycles. The Hall–Kier alpha value is -1.75. The standard InChI is InChI=1S/C24H29FN2O/c25-19-7-5-6-18(16-19)17-26-14-10-24(11-15-26)21-9-2-1-8-20(21)22(23(24)28)27-12-3-4-13-27/h1-2,5-9,16,22-23,28H,3-4,10-15,17H2/t22-,23+/m0/s1. The minimum atomic E-state index is -0.334. The molecule has 0 aromatic heterocycles. The molecule has 1 aliphatic carbocycles. The van der Waals surface area contributed by atoms with Crippen LogP contribution in [-0.2, 0) is 12.0 Å². The molecule has 0 amide bonds. The van der Waals surface area contributed by atoms with E-state index in [4.69, 9.17) is 0 Å². The first-order chi connectivity index (χ1) is 13.7. The fraction of sp³-hybridized carbons (Fsp3) is 0.500. The van der Waals surface area contributed by atoms with Crippen LogP contribution in [0.5, 0.6) is 0 Å². The highest BCUT2D eigenvalue weighted by molar-refractivity contribution is 5.45. The average molecular weight is 381 g/mol. The molecule has 2 aliphatic heterocycles. The lowest BCUT2D eigenvalue weighted by Gasteiger charge is -2.43. The molecule has 28 heavy (non-hydrogen) atoms. The van der Waals surface area contributed by atoms with Gasteiger partial charge in [-0.2, -0.15) is 0 Å². The summed E-state index contributed by atoms with van der Waals surface area (Å²) >= 11 is 0. The Morgan fingerprint density at radius 3 is 2.46 bits per heavy atom. The van der Waals surface area contributed by atoms with Crippen molar-refractivity contribution in [2.45, 2.75) is 49.8 Å². The van der Waals surface area contributed by atoms with Gasteiger partial charge in [0.15, 0.2) is 0 Å². The van der Waals surface area contributed by atoms with Gasteiger partial charge in [-0.15, -0.1) is 0 Å². The summed E-state index contributed by atoms with van der Waals surface area (Å²) in [6.07, 6.45) is 4.06. The zero-order valence-corrected chi connectivity index (χ0v) is 16.4. The summed E-state index contributed by atoms with van der Waals surface area (Å²) in [5.41, 5.74) is 3.60. The van der Waals surface area contributed by atoms with E-state index in [-0.39, 0.29) is 23.4 Å². The molecule has 2 aromatic rings. The van der Waals surface area contributed by atoms with Crippen LogP contribution in [0.3, 0.4) is 0 Å². The number of aliphatic hydroxyl groups is 1. The van der Waals surface area contributed by atoms with Gasteiger partial charge in [-0.05, 0) is 80.7 Å². The molecule has 2 atom stereocenters. The smallest absolute Gasteiger partial charge is 0.123 e. The summed E-state index contributed by atoms with van der Waals surface area (Å²) in [6.45, 7) is 4.85. The molecule has 3 aliphatic rings. The van der Waals surface area contributed by atoms with Crippen LogP contribution in [0.15, 0.2) is 48.5 Å². The molecule has 2 heterocycles. The number of aliphatic hydroxyl groups excluding tert-OH is 1. The molecule has 0 radical (unpaired) electrons. The summed E-state index contributed by atoms with van der Waals surface area (Å²) in [5.74, 6) is -0.167. The molecule has 0 unspecified atom stereocenters. The monoisotopic (exact) mass is 380 g/mol. The molecule has 1 spiro atoms. The minimum absolute atomic E-state index is 0.137. The Labute approximate surface area is 166 Å². The number of fused-ring (bicyclic) bond motifs is 2. The molecule has 2 fully saturated rings. The predicted molar refractivity (Wildman–Crippen MR) is 109 cm³/mol. The SMILES string of the molecule is O[C@@H]1[C@@H](N2CCCC2)c2ccccc2C12CCN(Cc1cccc(F)c1)CC2. The number of halogens is 1. The number of hydrogen-bond donors (Lipinski definition) is 1. The highest BCUT2D eigenvalue weighted by atomic mass is 19.1. The van der Waals surface area contributed by atoms with E-state index in [0.29, 0.717) is 0 Å². The van der Waals surface area contributed by atoms with Crippen molar-refractivity contribution in [3.05, 3.63) is 71.0 Å². The Balaban J connectivity index is 1.37. The minimum Gasteiger partial charge on any atom is -0.390 e. The zero-order valence-electron chi connectivity index (χ0n) is 16.4. The Bertz CT molecular complexity index is 840. The van der Waals surface area contributed by atoms with Gasteiger partial charge in [0.1, 0.15) is 5.82 Å². The fourth-order valence-electron chi connectivity index (χ4n) is 5.82. The van der Waals surface area contributed by atoms with Gasteiger partial charge in [0.25, 0.3) is 0 Å². The van der Waals surface area contributed by atoms with Crippen molar-refractivity contribution in [3.8, 4) is 0 Å². The quantitative estimate of drug-likeness (QED) is 0.876. The summed E-state index contributed by atoms with van der Waals surface area (Å²) in [7, 11) is 0. The van der Waals surface area contributed by atoms with Gasteiger partial charge >= 0.3 is 0 Å². The molecule has 0 bridgehead atoms. The number of likely N-dealkylation sites (tertiary alicyclic amines) is 2. The Morgan fingerprint density at radius 2 is 1.71 bits per heavy atom. The van der Waals surface area contributed by atoms with Crippen molar-refractivity contribution < 1.29 is 9.50 Å². The number of rotatable bonds is 3. The molecular weight excluding hydrogens is 351 g/mol. The number of benzene rings is 2. The largest absolute Gasteiger partial charge is 0.390 e. The summed E-state index contributed by atoms with van der Waals surface area (Å²) in [4.78, 5) is 4.90. The molecular formula is C24H29FN2O. The van der Waals surface area contributed by atoms with Crippen molar-refractivity contribution in [1.82, 2.24) is 9.80 Å². The number of hydrogen-bond acceptors (Lipinski definition) is 3. The van der Waals surface area contributed by atoms with E-state index in [2.05, 4.69) is 34.1 Å². The second-order valence-electron chi connectivity index (χ2n) is 8.78. The van der Waals surface area contributed by atoms with Crippen LogP contribution < -0.4 is 0 Å². The highest BCUT2D eigenvalue weighted by Crippen LogP contribution is 2.53. The van der Waals surface area contributed by atoms with Crippen molar-refractivity contribution in [2.75, 3.05) is 26.2 Å². The Kier molecular flexibility index (Phi) is 4.74. The number of nitrogens with zero attached hydrogens (tertiary/aromatic N) is 2. The number of piperidine rings is 1. The van der Waals surface area contributed by atoms with E-state index in [9.17, 15) is 9.50 Å². The second-order valence-corrected chi connectivity index (χ2v) is 8.78. The third-order valence-corrected chi connectivity index (χ3v) is 7.26. The first-order valence-electron chi connectivity index (χ1n) is 10.7. The molecule has 2 aromatic carbocycles. The van der Waals surface area contributed by atoms with Crippen LogP contribution >= 0.6 is 0 Å².